The van der Waals surface area contributed by atoms with Crippen molar-refractivity contribution in [1.82, 2.24) is 0 Å². The first-order chi connectivity index (χ1) is 19.4. The van der Waals surface area contributed by atoms with E-state index in [4.69, 9.17) is 4.74 Å². The van der Waals surface area contributed by atoms with E-state index in [9.17, 15) is 8.78 Å². The summed E-state index contributed by atoms with van der Waals surface area (Å²) < 4.78 is 66.0. The van der Waals surface area contributed by atoms with Crippen LogP contribution in [0.15, 0.2) is 60.7 Å². The molecule has 3 aromatic rings. The van der Waals surface area contributed by atoms with Crippen LogP contribution in [-0.4, -0.2) is 6.61 Å². The van der Waals surface area contributed by atoms with Crippen LogP contribution in [0.1, 0.15) is 88.9 Å². The van der Waals surface area contributed by atoms with Crippen molar-refractivity contribution in [2.45, 2.75) is 84.2 Å². The molecule has 1 heterocycles. The van der Waals surface area contributed by atoms with Crippen LogP contribution in [0.25, 0.3) is 22.3 Å². The molecule has 3 aromatic carbocycles. The van der Waals surface area contributed by atoms with Gasteiger partial charge in [-0.1, -0.05) is 93.3 Å². The first-order valence-electron chi connectivity index (χ1n) is 14.7. The maximum atomic E-state index is 15.2. The topological polar surface area (TPSA) is 9.23 Å². The zero-order valence-electron chi connectivity index (χ0n) is 23.6. The van der Waals surface area contributed by atoms with Crippen molar-refractivity contribution in [1.29, 1.82) is 0 Å². The molecule has 0 saturated carbocycles. The minimum Gasteiger partial charge on any atom is -0.373 e. The Kier molecular flexibility index (Phi) is 11.0. The number of ether oxygens (including phenoxy) is 1. The van der Waals surface area contributed by atoms with Crippen LogP contribution in [0, 0.1) is 29.2 Å². The molecule has 1 saturated heterocycles. The van der Waals surface area contributed by atoms with Crippen molar-refractivity contribution in [2.75, 3.05) is 6.61 Å². The van der Waals surface area contributed by atoms with Crippen LogP contribution in [0.3, 0.4) is 0 Å². The van der Waals surface area contributed by atoms with Gasteiger partial charge in [-0.2, -0.15) is 0 Å². The zero-order valence-corrected chi connectivity index (χ0v) is 23.6. The van der Waals surface area contributed by atoms with E-state index in [2.05, 4.69) is 13.0 Å². The molecule has 214 valence electrons. The number of unbranched alkanes of at least 4 members (excludes halogenated alkanes) is 4. The molecule has 0 aromatic heterocycles. The monoisotopic (exact) mass is 552 g/mol. The number of hydrogen-bond donors (Lipinski definition) is 0. The van der Waals surface area contributed by atoms with E-state index in [1.165, 1.54) is 0 Å². The Morgan fingerprint density at radius 1 is 0.750 bits per heavy atom. The predicted molar refractivity (Wildman–Crippen MR) is 155 cm³/mol. The van der Waals surface area contributed by atoms with Gasteiger partial charge in [0.2, 0.25) is 0 Å². The highest BCUT2D eigenvalue weighted by Crippen LogP contribution is 2.37. The summed E-state index contributed by atoms with van der Waals surface area (Å²) in [6, 6.07) is 12.9. The summed E-state index contributed by atoms with van der Waals surface area (Å²) in [5.74, 6) is -3.07. The average molecular weight is 553 g/mol. The molecule has 5 heteroatoms. The molecule has 1 aliphatic heterocycles. The zero-order chi connectivity index (χ0) is 28.5. The van der Waals surface area contributed by atoms with Crippen LogP contribution in [-0.2, 0) is 11.2 Å². The largest absolute Gasteiger partial charge is 0.373 e. The maximum absolute atomic E-state index is 15.2. The second-order valence-corrected chi connectivity index (χ2v) is 10.9. The highest BCUT2D eigenvalue weighted by molar-refractivity contribution is 5.71. The molecule has 0 aliphatic carbocycles. The molecule has 0 radical (unpaired) electrons. The normalized spacial score (nSPS) is 17.6. The fraction of sp³-hybridized carbons (Fsp3) is 0.429. The molecule has 2 unspecified atom stereocenters. The third kappa shape index (κ3) is 7.23. The summed E-state index contributed by atoms with van der Waals surface area (Å²) >= 11 is 0. The molecule has 4 rings (SSSR count). The van der Waals surface area contributed by atoms with Crippen molar-refractivity contribution in [3.8, 4) is 22.3 Å². The van der Waals surface area contributed by atoms with Crippen molar-refractivity contribution in [3.05, 3.63) is 95.1 Å². The van der Waals surface area contributed by atoms with Crippen LogP contribution < -0.4 is 0 Å². The van der Waals surface area contributed by atoms with Gasteiger partial charge >= 0.3 is 0 Å². The molecule has 1 nitrogen and oxygen atoms in total. The van der Waals surface area contributed by atoms with Gasteiger partial charge in [0.25, 0.3) is 0 Å². The quantitative estimate of drug-likeness (QED) is 0.123. The Bertz CT molecular complexity index is 1270. The van der Waals surface area contributed by atoms with Gasteiger partial charge in [0.15, 0.2) is 23.3 Å². The van der Waals surface area contributed by atoms with Gasteiger partial charge in [0.05, 0.1) is 12.7 Å². The Morgan fingerprint density at radius 3 is 2.02 bits per heavy atom. The third-order valence-electron chi connectivity index (χ3n) is 8.03. The second kappa shape index (κ2) is 14.6. The van der Waals surface area contributed by atoms with Gasteiger partial charge in [0.1, 0.15) is 0 Å². The fourth-order valence-corrected chi connectivity index (χ4v) is 5.57. The van der Waals surface area contributed by atoms with E-state index in [1.54, 1.807) is 48.5 Å². The second-order valence-electron chi connectivity index (χ2n) is 10.9. The lowest BCUT2D eigenvalue weighted by atomic mass is 9.90. The van der Waals surface area contributed by atoms with E-state index in [0.29, 0.717) is 42.1 Å². The van der Waals surface area contributed by atoms with Crippen LogP contribution >= 0.6 is 0 Å². The molecule has 1 fully saturated rings. The number of hydrogen-bond acceptors (Lipinski definition) is 1. The van der Waals surface area contributed by atoms with Crippen molar-refractivity contribution >= 4 is 0 Å². The molecular formula is C35H40F4O. The predicted octanol–water partition coefficient (Wildman–Crippen LogP) is 10.9. The highest BCUT2D eigenvalue weighted by atomic mass is 19.2. The van der Waals surface area contributed by atoms with Gasteiger partial charge < -0.3 is 4.74 Å². The van der Waals surface area contributed by atoms with E-state index in [1.807, 2.05) is 13.0 Å². The Labute approximate surface area is 236 Å². The van der Waals surface area contributed by atoms with Gasteiger partial charge in [-0.05, 0) is 68.1 Å². The Morgan fingerprint density at radius 2 is 1.40 bits per heavy atom. The molecule has 40 heavy (non-hydrogen) atoms. The van der Waals surface area contributed by atoms with Gasteiger partial charge in [-0.25, -0.2) is 17.6 Å². The highest BCUT2D eigenvalue weighted by Gasteiger charge is 2.27. The van der Waals surface area contributed by atoms with Gasteiger partial charge in [-0.15, -0.1) is 0 Å². The van der Waals surface area contributed by atoms with Crippen LogP contribution in [0.5, 0.6) is 0 Å². The number of rotatable bonds is 12. The smallest absolute Gasteiger partial charge is 0.167 e. The Balaban J connectivity index is 1.44. The lowest BCUT2D eigenvalue weighted by molar-refractivity contribution is -0.0210. The van der Waals surface area contributed by atoms with Crippen LogP contribution in [0.2, 0.25) is 0 Å². The summed E-state index contributed by atoms with van der Waals surface area (Å²) in [5.41, 5.74) is 1.85. The lowest BCUT2D eigenvalue weighted by Gasteiger charge is -2.29. The lowest BCUT2D eigenvalue weighted by Crippen LogP contribution is -2.21. The summed E-state index contributed by atoms with van der Waals surface area (Å²) in [4.78, 5) is 0. The van der Waals surface area contributed by atoms with E-state index < -0.39 is 29.4 Å². The summed E-state index contributed by atoms with van der Waals surface area (Å²) in [6.07, 6.45) is 13.0. The molecule has 1 aliphatic rings. The third-order valence-corrected chi connectivity index (χ3v) is 8.03. The molecule has 0 amide bonds. The molecule has 2 atom stereocenters. The number of allylic oxidation sites excluding steroid dienone is 2. The van der Waals surface area contributed by atoms with Gasteiger partial charge in [-0.3, -0.25) is 0 Å². The molecule has 0 N–H and O–H groups in total. The molecular weight excluding hydrogens is 512 g/mol. The standard InChI is InChI=1S/C35H40F4O/c1-3-5-7-8-10-12-27-18-19-28(33(37)32(27)36)25-14-16-26(17-15-25)29-20-21-30(35(39)34(29)38)31-22-13-24(23-40-31)11-9-6-4-2/h4,6,14-21,24,31H,3,5,7-13,22-23H2,1-2H3. The van der Waals surface area contributed by atoms with Crippen molar-refractivity contribution in [2.24, 2.45) is 5.92 Å². The number of halogens is 4. The molecule has 0 spiro atoms. The summed E-state index contributed by atoms with van der Waals surface area (Å²) in [7, 11) is 0. The van der Waals surface area contributed by atoms with Crippen molar-refractivity contribution < 1.29 is 22.3 Å². The van der Waals surface area contributed by atoms with Crippen molar-refractivity contribution in [3.63, 3.8) is 0 Å². The maximum Gasteiger partial charge on any atom is 0.167 e. The minimum atomic E-state index is -0.926. The molecule has 0 bridgehead atoms. The van der Waals surface area contributed by atoms with Crippen LogP contribution in [0.4, 0.5) is 17.6 Å². The van der Waals surface area contributed by atoms with E-state index in [-0.39, 0.29) is 16.7 Å². The minimum absolute atomic E-state index is 0.123. The Hall–Kier alpha value is -2.92. The summed E-state index contributed by atoms with van der Waals surface area (Å²) in [6.45, 7) is 4.68. The van der Waals surface area contributed by atoms with E-state index >= 15 is 8.78 Å². The first-order valence-corrected chi connectivity index (χ1v) is 14.7. The van der Waals surface area contributed by atoms with Gasteiger partial charge in [0, 0.05) is 16.7 Å². The first kappa shape index (κ1) is 30.0. The summed E-state index contributed by atoms with van der Waals surface area (Å²) in [5, 5.41) is 0. The average Bonchev–Trinajstić information content (AvgIpc) is 2.97. The van der Waals surface area contributed by atoms with E-state index in [0.717, 1.165) is 51.4 Å². The number of benzene rings is 3. The fourth-order valence-electron chi connectivity index (χ4n) is 5.57. The number of aryl methyl sites for hydroxylation is 1. The SMILES string of the molecule is CC=CCCC1CCC(c2ccc(-c3ccc(-c4ccc(CCCCCCC)c(F)c4F)cc3)c(F)c2F)OC1.